The summed E-state index contributed by atoms with van der Waals surface area (Å²) in [5.74, 6) is 5.19. The minimum absolute atomic E-state index is 0.318. The summed E-state index contributed by atoms with van der Waals surface area (Å²) in [7, 11) is 0. The van der Waals surface area contributed by atoms with Gasteiger partial charge in [0.1, 0.15) is 5.75 Å². The van der Waals surface area contributed by atoms with Crippen molar-refractivity contribution in [3.63, 3.8) is 0 Å². The van der Waals surface area contributed by atoms with E-state index >= 15 is 0 Å². The van der Waals surface area contributed by atoms with Crippen LogP contribution < -0.4 is 16.0 Å². The van der Waals surface area contributed by atoms with E-state index in [-0.39, 0.29) is 0 Å². The van der Waals surface area contributed by atoms with Crippen LogP contribution in [0, 0.1) is 0 Å². The molecule has 0 heterocycles. The second-order valence-electron chi connectivity index (χ2n) is 2.55. The molecule has 0 aliphatic rings. The Morgan fingerprint density at radius 3 is 2.86 bits per heavy atom. The second-order valence-corrected chi connectivity index (χ2v) is 2.96. The Morgan fingerprint density at radius 1 is 1.64 bits per heavy atom. The number of nitrogens with one attached hydrogen (secondary N) is 1. The molecule has 1 amide bonds. The third kappa shape index (κ3) is 2.37. The van der Waals surface area contributed by atoms with Gasteiger partial charge in [-0.05, 0) is 25.1 Å². The van der Waals surface area contributed by atoms with E-state index in [4.69, 9.17) is 22.2 Å². The number of carbonyl (C=O) groups is 1. The maximum absolute atomic E-state index is 11.1. The summed E-state index contributed by atoms with van der Waals surface area (Å²) < 4.78 is 5.21. The molecule has 0 spiro atoms. The van der Waals surface area contributed by atoms with Crippen LogP contribution >= 0.6 is 11.6 Å². The largest absolute Gasteiger partial charge is 0.494 e. The van der Waals surface area contributed by atoms with Gasteiger partial charge in [0.2, 0.25) is 0 Å². The Balaban J connectivity index is 2.95. The fraction of sp³-hybridized carbons (Fsp3) is 0.222. The fourth-order valence-corrected chi connectivity index (χ4v) is 1.27. The predicted molar refractivity (Wildman–Crippen MR) is 54.3 cm³/mol. The van der Waals surface area contributed by atoms with Crippen molar-refractivity contribution in [2.24, 2.45) is 5.84 Å². The number of nitrogens with two attached hydrogens (primary N) is 1. The van der Waals surface area contributed by atoms with Crippen molar-refractivity contribution in [1.29, 1.82) is 0 Å². The lowest BCUT2D eigenvalue weighted by Gasteiger charge is -2.06. The molecule has 76 valence electrons. The number of carbonyl (C=O) groups excluding carboxylic acids is 1. The van der Waals surface area contributed by atoms with E-state index in [1.54, 1.807) is 18.2 Å². The Kier molecular flexibility index (Phi) is 3.73. The Morgan fingerprint density at radius 2 is 2.36 bits per heavy atom. The molecule has 1 aromatic carbocycles. The van der Waals surface area contributed by atoms with Crippen LogP contribution in [0.3, 0.4) is 0 Å². The van der Waals surface area contributed by atoms with Crippen molar-refractivity contribution in [3.05, 3.63) is 28.8 Å². The van der Waals surface area contributed by atoms with Crippen LogP contribution in [-0.2, 0) is 0 Å². The van der Waals surface area contributed by atoms with E-state index in [2.05, 4.69) is 0 Å². The number of rotatable bonds is 3. The van der Waals surface area contributed by atoms with Crippen molar-refractivity contribution in [2.45, 2.75) is 6.92 Å². The van der Waals surface area contributed by atoms with Crippen LogP contribution in [0.5, 0.6) is 5.75 Å². The van der Waals surface area contributed by atoms with Gasteiger partial charge < -0.3 is 4.74 Å². The van der Waals surface area contributed by atoms with Crippen molar-refractivity contribution in [3.8, 4) is 5.75 Å². The van der Waals surface area contributed by atoms with Gasteiger partial charge in [-0.15, -0.1) is 0 Å². The molecule has 0 bridgehead atoms. The highest BCUT2D eigenvalue weighted by Crippen LogP contribution is 2.22. The van der Waals surface area contributed by atoms with Crippen LogP contribution in [0.15, 0.2) is 18.2 Å². The normalized spacial score (nSPS) is 9.64. The number of amides is 1. The maximum Gasteiger partial charge on any atom is 0.266 e. The van der Waals surface area contributed by atoms with Crippen LogP contribution in [0.1, 0.15) is 17.3 Å². The number of ether oxygens (including phenoxy) is 1. The lowest BCUT2D eigenvalue weighted by Crippen LogP contribution is -2.30. The highest BCUT2D eigenvalue weighted by atomic mass is 35.5. The molecule has 0 aliphatic heterocycles. The molecule has 1 rings (SSSR count). The van der Waals surface area contributed by atoms with Crippen molar-refractivity contribution in [2.75, 3.05) is 6.61 Å². The monoisotopic (exact) mass is 214 g/mol. The van der Waals surface area contributed by atoms with E-state index in [1.807, 2.05) is 12.3 Å². The van der Waals surface area contributed by atoms with Gasteiger partial charge in [-0.25, -0.2) is 5.84 Å². The van der Waals surface area contributed by atoms with Gasteiger partial charge >= 0.3 is 0 Å². The van der Waals surface area contributed by atoms with Gasteiger partial charge in [0.05, 0.1) is 17.2 Å². The van der Waals surface area contributed by atoms with Crippen LogP contribution in [-0.4, -0.2) is 12.5 Å². The standard InChI is InChI=1S/C9H11ClN2O2/c1-2-14-6-3-4-7(8(10)5-6)9(13)12-11/h3-5H,2,11H2,1H3,(H,12,13). The first-order valence-corrected chi connectivity index (χ1v) is 4.50. The van der Waals surface area contributed by atoms with Gasteiger partial charge in [0.25, 0.3) is 5.91 Å². The molecule has 14 heavy (non-hydrogen) atoms. The molecule has 4 nitrogen and oxygen atoms in total. The summed E-state index contributed by atoms with van der Waals surface area (Å²) in [4.78, 5) is 11.1. The predicted octanol–water partition coefficient (Wildman–Crippen LogP) is 1.34. The van der Waals surface area contributed by atoms with Crippen molar-refractivity contribution >= 4 is 17.5 Å². The van der Waals surface area contributed by atoms with Crippen LogP contribution in [0.4, 0.5) is 0 Å². The van der Waals surface area contributed by atoms with Gasteiger partial charge in [0, 0.05) is 0 Å². The first kappa shape index (κ1) is 10.8. The summed E-state index contributed by atoms with van der Waals surface area (Å²) in [5, 5.41) is 0.318. The van der Waals surface area contributed by atoms with Crippen LogP contribution in [0.25, 0.3) is 0 Å². The summed E-state index contributed by atoms with van der Waals surface area (Å²) in [5.41, 5.74) is 2.34. The Bertz CT molecular complexity index is 342. The minimum Gasteiger partial charge on any atom is -0.494 e. The molecule has 3 N–H and O–H groups in total. The first-order valence-electron chi connectivity index (χ1n) is 4.12. The zero-order valence-electron chi connectivity index (χ0n) is 7.71. The zero-order chi connectivity index (χ0) is 10.6. The van der Waals surface area contributed by atoms with Crippen molar-refractivity contribution in [1.82, 2.24) is 5.43 Å². The summed E-state index contributed by atoms with van der Waals surface area (Å²) in [6.45, 7) is 2.42. The Labute approximate surface area is 87.0 Å². The average molecular weight is 215 g/mol. The summed E-state index contributed by atoms with van der Waals surface area (Å²) in [6, 6.07) is 4.81. The molecule has 0 atom stereocenters. The van der Waals surface area contributed by atoms with E-state index in [0.29, 0.717) is 22.9 Å². The smallest absolute Gasteiger partial charge is 0.266 e. The topological polar surface area (TPSA) is 64.3 Å². The molecule has 0 saturated carbocycles. The molecule has 0 radical (unpaired) electrons. The lowest BCUT2D eigenvalue weighted by molar-refractivity contribution is 0.0954. The molecule has 1 aromatic rings. The molecule has 0 aliphatic carbocycles. The van der Waals surface area contributed by atoms with E-state index in [9.17, 15) is 4.79 Å². The molecule has 5 heteroatoms. The third-order valence-electron chi connectivity index (χ3n) is 1.63. The molecule has 0 fully saturated rings. The minimum atomic E-state index is -0.418. The first-order chi connectivity index (χ1) is 6.69. The highest BCUT2D eigenvalue weighted by molar-refractivity contribution is 6.34. The quantitative estimate of drug-likeness (QED) is 0.454. The molecule has 0 unspecified atom stereocenters. The van der Waals surface area contributed by atoms with Crippen LogP contribution in [0.2, 0.25) is 5.02 Å². The number of hydrogen-bond acceptors (Lipinski definition) is 3. The number of nitrogen functional groups attached to an aromatic ring is 1. The number of benzene rings is 1. The number of hydrogen-bond donors (Lipinski definition) is 2. The zero-order valence-corrected chi connectivity index (χ0v) is 8.47. The number of halogens is 1. The molecule has 0 aromatic heterocycles. The number of hydrazine groups is 1. The van der Waals surface area contributed by atoms with E-state index in [0.717, 1.165) is 0 Å². The SMILES string of the molecule is CCOc1ccc(C(=O)NN)c(Cl)c1. The molecule has 0 saturated heterocycles. The third-order valence-corrected chi connectivity index (χ3v) is 1.94. The van der Waals surface area contributed by atoms with Gasteiger partial charge in [-0.1, -0.05) is 11.6 Å². The van der Waals surface area contributed by atoms with Gasteiger partial charge in [0.15, 0.2) is 0 Å². The van der Waals surface area contributed by atoms with Gasteiger partial charge in [-0.3, -0.25) is 10.2 Å². The van der Waals surface area contributed by atoms with Crippen molar-refractivity contribution < 1.29 is 9.53 Å². The molecular weight excluding hydrogens is 204 g/mol. The fourth-order valence-electron chi connectivity index (χ4n) is 1.01. The van der Waals surface area contributed by atoms with Gasteiger partial charge in [-0.2, -0.15) is 0 Å². The molecular formula is C9H11ClN2O2. The van der Waals surface area contributed by atoms with E-state index in [1.165, 1.54) is 0 Å². The summed E-state index contributed by atoms with van der Waals surface area (Å²) in [6.07, 6.45) is 0. The average Bonchev–Trinajstić information content (AvgIpc) is 2.17. The highest BCUT2D eigenvalue weighted by Gasteiger charge is 2.09. The van der Waals surface area contributed by atoms with E-state index < -0.39 is 5.91 Å². The maximum atomic E-state index is 11.1. The second kappa shape index (κ2) is 4.83. The lowest BCUT2D eigenvalue weighted by atomic mass is 10.2. The Hall–Kier alpha value is -1.26. The summed E-state index contributed by atoms with van der Waals surface area (Å²) >= 11 is 5.84.